The van der Waals surface area contributed by atoms with Gasteiger partial charge in [0.05, 0.1) is 30.5 Å². The highest BCUT2D eigenvalue weighted by Gasteiger charge is 2.14. The fourth-order valence-electron chi connectivity index (χ4n) is 3.46. The molecule has 0 aliphatic rings. The number of aryl methyl sites for hydroxylation is 1. The van der Waals surface area contributed by atoms with E-state index >= 15 is 0 Å². The molecule has 0 atom stereocenters. The summed E-state index contributed by atoms with van der Waals surface area (Å²) in [4.78, 5) is 23.7. The fourth-order valence-corrected chi connectivity index (χ4v) is 3.46. The lowest BCUT2D eigenvalue weighted by Gasteiger charge is -2.13. The van der Waals surface area contributed by atoms with E-state index in [0.29, 0.717) is 36.4 Å². The monoisotopic (exact) mass is 464 g/mol. The van der Waals surface area contributed by atoms with Crippen molar-refractivity contribution < 1.29 is 14.4 Å². The normalized spacial score (nSPS) is 10.8. The number of anilines is 3. The number of pyridine rings is 1. The van der Waals surface area contributed by atoms with Crippen LogP contribution in [0, 0.1) is 17.0 Å². The van der Waals surface area contributed by atoms with E-state index in [2.05, 4.69) is 20.6 Å². The van der Waals surface area contributed by atoms with Crippen LogP contribution in [0.1, 0.15) is 5.69 Å². The van der Waals surface area contributed by atoms with Gasteiger partial charge < -0.3 is 25.8 Å². The van der Waals surface area contributed by atoms with Crippen molar-refractivity contribution in [1.82, 2.24) is 19.4 Å². The van der Waals surface area contributed by atoms with Crippen molar-refractivity contribution in [3.8, 4) is 22.8 Å². The Kier molecular flexibility index (Phi) is 6.30. The first-order chi connectivity index (χ1) is 16.4. The molecule has 12 nitrogen and oxygen atoms in total. The molecular weight excluding hydrogens is 440 g/mol. The van der Waals surface area contributed by atoms with Crippen LogP contribution in [0.3, 0.4) is 0 Å². The number of hydrogen-bond donors (Lipinski definition) is 3. The summed E-state index contributed by atoms with van der Waals surface area (Å²) >= 11 is 0. The van der Waals surface area contributed by atoms with Crippen LogP contribution >= 0.6 is 0 Å². The lowest BCUT2D eigenvalue weighted by atomic mass is 10.1. The summed E-state index contributed by atoms with van der Waals surface area (Å²) < 4.78 is 12.6. The second-order valence-electron chi connectivity index (χ2n) is 7.36. The zero-order chi connectivity index (χ0) is 24.2. The van der Waals surface area contributed by atoms with Crippen molar-refractivity contribution in [3.05, 3.63) is 58.4 Å². The summed E-state index contributed by atoms with van der Waals surface area (Å²) in [6.45, 7) is 2.88. The highest BCUT2D eigenvalue weighted by molar-refractivity contribution is 5.69. The summed E-state index contributed by atoms with van der Waals surface area (Å²) in [6.07, 6.45) is 1.90. The Morgan fingerprint density at radius 2 is 1.79 bits per heavy atom. The predicted molar refractivity (Wildman–Crippen MR) is 129 cm³/mol. The number of rotatable bonds is 9. The molecule has 0 unspecified atom stereocenters. The Hall–Kier alpha value is -4.61. The van der Waals surface area contributed by atoms with Gasteiger partial charge in [0, 0.05) is 37.0 Å². The smallest absolute Gasteiger partial charge is 0.311 e. The van der Waals surface area contributed by atoms with Crippen molar-refractivity contribution >= 4 is 28.9 Å². The molecule has 4 rings (SSSR count). The number of aromatic nitrogens is 4. The molecule has 12 heteroatoms. The van der Waals surface area contributed by atoms with Crippen LogP contribution in [0.2, 0.25) is 0 Å². The van der Waals surface area contributed by atoms with Gasteiger partial charge in [0.1, 0.15) is 11.5 Å². The molecule has 4 aromatic rings. The molecule has 0 aliphatic carbocycles. The van der Waals surface area contributed by atoms with Gasteiger partial charge in [-0.25, -0.2) is 15.0 Å². The minimum Gasteiger partial charge on any atom is -0.493 e. The molecule has 0 spiro atoms. The number of ether oxygens (including phenoxy) is 2. The standard InChI is InChI=1S/C22H24N8O4/c1-13-12-29-20(26-13)11-15(14-4-6-17(33-2)18(10-14)34-3)27-22(29)25-9-8-24-19-7-5-16(30(31)32)21(23)28-19/h4-7,10-12H,8-9H2,1-3H3,(H,25,27)(H3,23,24,28). The van der Waals surface area contributed by atoms with E-state index in [1.807, 2.05) is 41.8 Å². The minimum absolute atomic E-state index is 0.136. The molecule has 0 amide bonds. The van der Waals surface area contributed by atoms with E-state index in [1.165, 1.54) is 12.1 Å². The SMILES string of the molecule is COc1ccc(-c2cc3nc(C)cn3c(NCCNc3ccc([N+](=O)[O-])c(N)n3)n2)cc1OC. The molecule has 3 heterocycles. The Morgan fingerprint density at radius 1 is 1.03 bits per heavy atom. The number of nitrogens with zero attached hydrogens (tertiary/aromatic N) is 5. The summed E-state index contributed by atoms with van der Waals surface area (Å²) in [5, 5.41) is 17.3. The number of nitro groups is 1. The molecule has 0 saturated carbocycles. The maximum Gasteiger partial charge on any atom is 0.311 e. The number of nitrogens with one attached hydrogen (secondary N) is 2. The third-order valence-corrected chi connectivity index (χ3v) is 5.07. The molecule has 4 N–H and O–H groups in total. The third kappa shape index (κ3) is 4.60. The van der Waals surface area contributed by atoms with Gasteiger partial charge in [-0.15, -0.1) is 0 Å². The Morgan fingerprint density at radius 3 is 2.50 bits per heavy atom. The maximum absolute atomic E-state index is 10.9. The van der Waals surface area contributed by atoms with Crippen molar-refractivity contribution in [3.63, 3.8) is 0 Å². The van der Waals surface area contributed by atoms with Gasteiger partial charge in [0.2, 0.25) is 11.8 Å². The number of hydrogen-bond acceptors (Lipinski definition) is 10. The first-order valence-electron chi connectivity index (χ1n) is 10.4. The van der Waals surface area contributed by atoms with Gasteiger partial charge in [0.15, 0.2) is 11.5 Å². The van der Waals surface area contributed by atoms with E-state index < -0.39 is 4.92 Å². The van der Waals surface area contributed by atoms with Crippen LogP contribution in [0.5, 0.6) is 11.5 Å². The Labute approximate surface area is 194 Å². The molecule has 3 aromatic heterocycles. The number of nitrogens with two attached hydrogens (primary N) is 1. The van der Waals surface area contributed by atoms with E-state index in [4.69, 9.17) is 20.2 Å². The quantitative estimate of drug-likeness (QED) is 0.191. The number of nitrogen functional groups attached to an aromatic ring is 1. The number of imidazole rings is 1. The predicted octanol–water partition coefficient (Wildman–Crippen LogP) is 3.13. The Bertz CT molecular complexity index is 1350. The van der Waals surface area contributed by atoms with Crippen LogP contribution in [0.4, 0.5) is 23.3 Å². The highest BCUT2D eigenvalue weighted by atomic mass is 16.6. The molecule has 0 radical (unpaired) electrons. The van der Waals surface area contributed by atoms with Crippen LogP contribution in [0.25, 0.3) is 16.9 Å². The van der Waals surface area contributed by atoms with Crippen LogP contribution < -0.4 is 25.8 Å². The molecule has 0 saturated heterocycles. The van der Waals surface area contributed by atoms with E-state index in [-0.39, 0.29) is 11.5 Å². The summed E-state index contributed by atoms with van der Waals surface area (Å²) in [6, 6.07) is 10.3. The average Bonchev–Trinajstić information content (AvgIpc) is 3.21. The largest absolute Gasteiger partial charge is 0.493 e. The van der Waals surface area contributed by atoms with Crippen LogP contribution in [-0.4, -0.2) is 51.6 Å². The lowest BCUT2D eigenvalue weighted by Crippen LogP contribution is -2.17. The van der Waals surface area contributed by atoms with E-state index in [1.54, 1.807) is 14.2 Å². The first kappa shape index (κ1) is 22.6. The summed E-state index contributed by atoms with van der Waals surface area (Å²) in [5.74, 6) is 2.16. The molecular formula is C22H24N8O4. The first-order valence-corrected chi connectivity index (χ1v) is 10.4. The van der Waals surface area contributed by atoms with Crippen molar-refractivity contribution in [2.75, 3.05) is 43.7 Å². The van der Waals surface area contributed by atoms with Crippen molar-refractivity contribution in [1.29, 1.82) is 0 Å². The third-order valence-electron chi connectivity index (χ3n) is 5.07. The number of methoxy groups -OCH3 is 2. The van der Waals surface area contributed by atoms with Crippen LogP contribution in [-0.2, 0) is 0 Å². The van der Waals surface area contributed by atoms with Gasteiger partial charge in [-0.3, -0.25) is 14.5 Å². The molecule has 0 fully saturated rings. The molecule has 176 valence electrons. The van der Waals surface area contributed by atoms with E-state index in [0.717, 1.165) is 22.6 Å². The lowest BCUT2D eigenvalue weighted by molar-refractivity contribution is -0.384. The van der Waals surface area contributed by atoms with Crippen LogP contribution in [0.15, 0.2) is 42.6 Å². The van der Waals surface area contributed by atoms with Crippen molar-refractivity contribution in [2.24, 2.45) is 0 Å². The van der Waals surface area contributed by atoms with Gasteiger partial charge >= 0.3 is 5.69 Å². The van der Waals surface area contributed by atoms with Gasteiger partial charge in [-0.1, -0.05) is 0 Å². The molecule has 0 bridgehead atoms. The maximum atomic E-state index is 10.9. The zero-order valence-corrected chi connectivity index (χ0v) is 18.9. The molecule has 34 heavy (non-hydrogen) atoms. The van der Waals surface area contributed by atoms with Gasteiger partial charge in [-0.05, 0) is 31.2 Å². The minimum atomic E-state index is -0.566. The average molecular weight is 464 g/mol. The number of benzene rings is 1. The van der Waals surface area contributed by atoms with Crippen molar-refractivity contribution in [2.45, 2.75) is 6.92 Å². The topological polar surface area (TPSA) is 155 Å². The molecule has 0 aliphatic heterocycles. The van der Waals surface area contributed by atoms with Gasteiger partial charge in [-0.2, -0.15) is 0 Å². The summed E-state index contributed by atoms with van der Waals surface area (Å²) in [7, 11) is 3.18. The second-order valence-corrected chi connectivity index (χ2v) is 7.36. The second kappa shape index (κ2) is 9.48. The fraction of sp³-hybridized carbons (Fsp3) is 0.227. The van der Waals surface area contributed by atoms with Gasteiger partial charge in [0.25, 0.3) is 0 Å². The van der Waals surface area contributed by atoms with E-state index in [9.17, 15) is 10.1 Å². The highest BCUT2D eigenvalue weighted by Crippen LogP contribution is 2.32. The Balaban J connectivity index is 1.53. The number of fused-ring (bicyclic) bond motifs is 1. The molecule has 1 aromatic carbocycles. The zero-order valence-electron chi connectivity index (χ0n) is 18.9. The summed E-state index contributed by atoms with van der Waals surface area (Å²) in [5.41, 5.74) is 8.61.